The number of aromatic nitrogens is 1. The third kappa shape index (κ3) is 4.49. The minimum absolute atomic E-state index is 0.00642. The van der Waals surface area contributed by atoms with Crippen LogP contribution in [-0.2, 0) is 11.3 Å². The summed E-state index contributed by atoms with van der Waals surface area (Å²) in [6.45, 7) is 8.06. The van der Waals surface area contributed by atoms with Crippen molar-refractivity contribution in [3.63, 3.8) is 0 Å². The van der Waals surface area contributed by atoms with Gasteiger partial charge in [-0.15, -0.1) is 0 Å². The van der Waals surface area contributed by atoms with Gasteiger partial charge in [-0.05, 0) is 12.0 Å². The number of nitrogens with zero attached hydrogens (tertiary/aromatic N) is 1. The van der Waals surface area contributed by atoms with E-state index in [-0.39, 0.29) is 23.9 Å². The summed E-state index contributed by atoms with van der Waals surface area (Å²) in [5.41, 5.74) is -0.616. The van der Waals surface area contributed by atoms with E-state index in [1.165, 1.54) is 10.6 Å². The highest BCUT2D eigenvalue weighted by molar-refractivity contribution is 5.75. The number of amides is 1. The predicted molar refractivity (Wildman–Crippen MR) is 78.3 cm³/mol. The molecule has 0 aromatic carbocycles. The number of hydrogen-bond donors (Lipinski definition) is 2. The Morgan fingerprint density at radius 1 is 1.40 bits per heavy atom. The molecule has 0 aliphatic heterocycles. The Balaban J connectivity index is 2.56. The fourth-order valence-corrected chi connectivity index (χ4v) is 2.14. The van der Waals surface area contributed by atoms with Gasteiger partial charge in [0, 0.05) is 24.2 Å². The molecule has 0 aliphatic carbocycles. The van der Waals surface area contributed by atoms with E-state index in [0.29, 0.717) is 6.54 Å². The van der Waals surface area contributed by atoms with E-state index in [1.807, 2.05) is 27.7 Å². The normalized spacial score (nSPS) is 13.3. The molecule has 0 saturated heterocycles. The minimum atomic E-state index is -0.498. The Hall–Kier alpha value is -1.62. The number of rotatable bonds is 6. The molecule has 0 spiro atoms. The Morgan fingerprint density at radius 2 is 2.05 bits per heavy atom. The van der Waals surface area contributed by atoms with Crippen molar-refractivity contribution in [2.24, 2.45) is 11.3 Å². The lowest BCUT2D eigenvalue weighted by molar-refractivity contribution is -0.122. The average Bonchev–Trinajstić information content (AvgIpc) is 2.38. The molecule has 1 atom stereocenters. The molecule has 1 rings (SSSR count). The van der Waals surface area contributed by atoms with Crippen LogP contribution in [0.4, 0.5) is 0 Å². The van der Waals surface area contributed by atoms with Gasteiger partial charge < -0.3 is 15.0 Å². The van der Waals surface area contributed by atoms with Crippen molar-refractivity contribution in [2.75, 3.05) is 6.54 Å². The van der Waals surface area contributed by atoms with E-state index in [4.69, 9.17) is 0 Å². The van der Waals surface area contributed by atoms with Crippen LogP contribution in [0.25, 0.3) is 0 Å². The number of nitrogens with one attached hydrogen (secondary N) is 1. The Kier molecular flexibility index (Phi) is 5.51. The van der Waals surface area contributed by atoms with Gasteiger partial charge in [0.15, 0.2) is 0 Å². The summed E-state index contributed by atoms with van der Waals surface area (Å²) in [4.78, 5) is 23.3. The van der Waals surface area contributed by atoms with Gasteiger partial charge in [-0.3, -0.25) is 9.59 Å². The van der Waals surface area contributed by atoms with Gasteiger partial charge in [-0.2, -0.15) is 0 Å². The van der Waals surface area contributed by atoms with Crippen LogP contribution >= 0.6 is 0 Å². The highest BCUT2D eigenvalue weighted by Crippen LogP contribution is 2.24. The first-order valence-electron chi connectivity index (χ1n) is 6.84. The van der Waals surface area contributed by atoms with Crippen LogP contribution in [0.3, 0.4) is 0 Å². The maximum absolute atomic E-state index is 11.9. The molecule has 1 aromatic rings. The van der Waals surface area contributed by atoms with Gasteiger partial charge in [0.1, 0.15) is 6.54 Å². The topological polar surface area (TPSA) is 71.3 Å². The monoisotopic (exact) mass is 280 g/mol. The van der Waals surface area contributed by atoms with Crippen LogP contribution in [0.2, 0.25) is 0 Å². The Bertz CT molecular complexity index is 506. The van der Waals surface area contributed by atoms with E-state index < -0.39 is 11.5 Å². The SMILES string of the molecule is CC(C)C(O)C(C)(C)CNC(=O)Cn1ccccc1=O. The molecule has 0 saturated carbocycles. The molecule has 5 heteroatoms. The second-order valence-corrected chi connectivity index (χ2v) is 6.12. The van der Waals surface area contributed by atoms with Gasteiger partial charge >= 0.3 is 0 Å². The molecule has 1 heterocycles. The van der Waals surface area contributed by atoms with E-state index in [9.17, 15) is 14.7 Å². The van der Waals surface area contributed by atoms with Crippen molar-refractivity contribution >= 4 is 5.91 Å². The Labute approximate surface area is 119 Å². The van der Waals surface area contributed by atoms with Gasteiger partial charge in [-0.25, -0.2) is 0 Å². The fraction of sp³-hybridized carbons (Fsp3) is 0.600. The van der Waals surface area contributed by atoms with E-state index >= 15 is 0 Å². The van der Waals surface area contributed by atoms with Crippen molar-refractivity contribution in [3.8, 4) is 0 Å². The average molecular weight is 280 g/mol. The zero-order valence-corrected chi connectivity index (χ0v) is 12.6. The first-order chi connectivity index (χ1) is 9.24. The molecule has 0 bridgehead atoms. The highest BCUT2D eigenvalue weighted by Gasteiger charge is 2.30. The van der Waals surface area contributed by atoms with Crippen LogP contribution in [0.15, 0.2) is 29.2 Å². The third-order valence-electron chi connectivity index (χ3n) is 3.39. The molecular weight excluding hydrogens is 256 g/mol. The summed E-state index contributed by atoms with van der Waals surface area (Å²) in [6.07, 6.45) is 1.08. The molecule has 1 aromatic heterocycles. The van der Waals surface area contributed by atoms with Gasteiger partial charge in [0.25, 0.3) is 5.56 Å². The molecule has 0 aliphatic rings. The second-order valence-electron chi connectivity index (χ2n) is 6.12. The summed E-state index contributed by atoms with van der Waals surface area (Å²) < 4.78 is 1.35. The quantitative estimate of drug-likeness (QED) is 0.817. The van der Waals surface area contributed by atoms with Crippen molar-refractivity contribution in [3.05, 3.63) is 34.7 Å². The molecule has 5 nitrogen and oxygen atoms in total. The zero-order chi connectivity index (χ0) is 15.3. The summed E-state index contributed by atoms with van der Waals surface area (Å²) in [5, 5.41) is 12.9. The first-order valence-corrected chi connectivity index (χ1v) is 6.84. The first kappa shape index (κ1) is 16.4. The van der Waals surface area contributed by atoms with Crippen LogP contribution in [0, 0.1) is 11.3 Å². The molecule has 20 heavy (non-hydrogen) atoms. The second kappa shape index (κ2) is 6.70. The van der Waals surface area contributed by atoms with Crippen LogP contribution in [0.1, 0.15) is 27.7 Å². The number of pyridine rings is 1. The number of carbonyl (C=O) groups is 1. The molecule has 1 amide bonds. The maximum Gasteiger partial charge on any atom is 0.250 e. The summed E-state index contributed by atoms with van der Waals surface area (Å²) in [5.74, 6) is -0.110. The smallest absolute Gasteiger partial charge is 0.250 e. The zero-order valence-electron chi connectivity index (χ0n) is 12.6. The lowest BCUT2D eigenvalue weighted by Gasteiger charge is -2.33. The number of hydrogen-bond acceptors (Lipinski definition) is 3. The van der Waals surface area contributed by atoms with Crippen molar-refractivity contribution in [1.82, 2.24) is 9.88 Å². The van der Waals surface area contributed by atoms with Crippen molar-refractivity contribution < 1.29 is 9.90 Å². The molecule has 0 radical (unpaired) electrons. The van der Waals surface area contributed by atoms with Crippen LogP contribution in [0.5, 0.6) is 0 Å². The molecular formula is C15H24N2O3. The predicted octanol–water partition coefficient (Wildman–Crippen LogP) is 1.01. The minimum Gasteiger partial charge on any atom is -0.392 e. The van der Waals surface area contributed by atoms with Crippen molar-refractivity contribution in [1.29, 1.82) is 0 Å². The highest BCUT2D eigenvalue weighted by atomic mass is 16.3. The third-order valence-corrected chi connectivity index (χ3v) is 3.39. The van der Waals surface area contributed by atoms with Crippen LogP contribution < -0.4 is 10.9 Å². The van der Waals surface area contributed by atoms with Crippen molar-refractivity contribution in [2.45, 2.75) is 40.3 Å². The lowest BCUT2D eigenvalue weighted by atomic mass is 9.81. The largest absolute Gasteiger partial charge is 0.392 e. The molecule has 2 N–H and O–H groups in total. The number of aliphatic hydroxyl groups excluding tert-OH is 1. The van der Waals surface area contributed by atoms with Gasteiger partial charge in [0.2, 0.25) is 5.91 Å². The fourth-order valence-electron chi connectivity index (χ4n) is 2.14. The van der Waals surface area contributed by atoms with E-state index in [0.717, 1.165) is 0 Å². The molecule has 1 unspecified atom stereocenters. The lowest BCUT2D eigenvalue weighted by Crippen LogP contribution is -2.44. The summed E-state index contributed by atoms with van der Waals surface area (Å²) >= 11 is 0. The Morgan fingerprint density at radius 3 is 2.60 bits per heavy atom. The maximum atomic E-state index is 11.9. The summed E-state index contributed by atoms with van der Waals surface area (Å²) in [7, 11) is 0. The summed E-state index contributed by atoms with van der Waals surface area (Å²) in [6, 6.07) is 4.76. The van der Waals surface area contributed by atoms with E-state index in [2.05, 4.69) is 5.32 Å². The molecule has 0 fully saturated rings. The number of aliphatic hydroxyl groups is 1. The molecule has 112 valence electrons. The van der Waals surface area contributed by atoms with Gasteiger partial charge in [-0.1, -0.05) is 33.8 Å². The number of carbonyl (C=O) groups excluding carboxylic acids is 1. The van der Waals surface area contributed by atoms with Gasteiger partial charge in [0.05, 0.1) is 6.10 Å². The van der Waals surface area contributed by atoms with Crippen LogP contribution in [-0.4, -0.2) is 28.2 Å². The van der Waals surface area contributed by atoms with E-state index in [1.54, 1.807) is 18.3 Å². The standard InChI is InChI=1S/C15H24N2O3/c1-11(2)14(20)15(3,4)10-16-12(18)9-17-8-6-5-7-13(17)19/h5-8,11,14,20H,9-10H2,1-4H3,(H,16,18).